The normalized spacial score (nSPS) is 12.4. The fraction of sp³-hybridized carbons (Fsp3) is 0.400. The van der Waals surface area contributed by atoms with E-state index in [1.165, 1.54) is 0 Å². The van der Waals surface area contributed by atoms with E-state index in [1.54, 1.807) is 0 Å². The van der Waals surface area contributed by atoms with E-state index in [2.05, 4.69) is 9.68 Å². The minimum absolute atomic E-state index is 0.356. The Morgan fingerprint density at radius 3 is 2.42 bits per heavy atom. The van der Waals surface area contributed by atoms with Crippen molar-refractivity contribution < 1.29 is 22.1 Å². The molecule has 0 atom stereocenters. The number of anilines is 1. The molecule has 0 bridgehead atoms. The summed E-state index contributed by atoms with van der Waals surface area (Å²) in [5.41, 5.74) is 4.89. The second kappa shape index (κ2) is 2.65. The van der Waals surface area contributed by atoms with Gasteiger partial charge in [0.2, 0.25) is 5.76 Å². The van der Waals surface area contributed by atoms with E-state index in [4.69, 9.17) is 5.73 Å². The van der Waals surface area contributed by atoms with Crippen molar-refractivity contribution in [1.82, 2.24) is 5.16 Å². The largest absolute Gasteiger partial charge is 0.381 e. The smallest absolute Gasteiger partial charge is 0.366 e. The summed E-state index contributed by atoms with van der Waals surface area (Å²) in [6.45, 7) is 0. The van der Waals surface area contributed by atoms with Crippen molar-refractivity contribution in [2.45, 2.75) is 12.3 Å². The van der Waals surface area contributed by atoms with Gasteiger partial charge in [-0.15, -0.1) is 0 Å². The second-order valence-electron chi connectivity index (χ2n) is 2.04. The molecule has 0 aliphatic rings. The lowest BCUT2D eigenvalue weighted by Gasteiger charge is -2.09. The number of rotatable bonds is 2. The van der Waals surface area contributed by atoms with Crippen molar-refractivity contribution in [3.05, 3.63) is 11.8 Å². The van der Waals surface area contributed by atoms with E-state index in [9.17, 15) is 17.6 Å². The molecule has 0 saturated carbocycles. The van der Waals surface area contributed by atoms with Crippen LogP contribution in [0.25, 0.3) is 0 Å². The lowest BCUT2D eigenvalue weighted by atomic mass is 10.2. The number of nitrogens with two attached hydrogens (primary N) is 1. The van der Waals surface area contributed by atoms with Crippen molar-refractivity contribution in [1.29, 1.82) is 0 Å². The maximum Gasteiger partial charge on any atom is 0.366 e. The van der Waals surface area contributed by atoms with Crippen LogP contribution < -0.4 is 5.73 Å². The average Bonchev–Trinajstić information content (AvgIpc) is 2.35. The quantitative estimate of drug-likeness (QED) is 0.710. The number of halogens is 4. The summed E-state index contributed by atoms with van der Waals surface area (Å²) < 4.78 is 51.8. The summed E-state index contributed by atoms with van der Waals surface area (Å²) in [6.07, 6.45) is -3.83. The molecule has 0 aliphatic heterocycles. The van der Waals surface area contributed by atoms with E-state index in [1.807, 2.05) is 0 Å². The predicted octanol–water partition coefficient (Wildman–Crippen LogP) is 1.61. The number of aromatic nitrogens is 1. The first-order chi connectivity index (χ1) is 5.44. The van der Waals surface area contributed by atoms with Crippen LogP contribution in [0.3, 0.4) is 0 Å². The van der Waals surface area contributed by atoms with Crippen LogP contribution in [-0.4, -0.2) is 11.6 Å². The molecule has 0 amide bonds. The van der Waals surface area contributed by atoms with Crippen molar-refractivity contribution in [3.63, 3.8) is 0 Å². The average molecular weight is 184 g/mol. The first-order valence-electron chi connectivity index (χ1n) is 2.83. The molecule has 1 aromatic heterocycles. The molecule has 0 saturated heterocycles. The van der Waals surface area contributed by atoms with E-state index in [-0.39, 0.29) is 5.82 Å². The van der Waals surface area contributed by atoms with Crippen LogP contribution in [0, 0.1) is 0 Å². The molecule has 0 radical (unpaired) electrons. The van der Waals surface area contributed by atoms with Crippen molar-refractivity contribution in [2.75, 3.05) is 5.73 Å². The van der Waals surface area contributed by atoms with Crippen molar-refractivity contribution >= 4 is 5.82 Å². The number of nitrogen functional groups attached to an aromatic ring is 1. The van der Waals surface area contributed by atoms with Crippen molar-refractivity contribution in [2.24, 2.45) is 0 Å². The third kappa shape index (κ3) is 1.34. The second-order valence-corrected chi connectivity index (χ2v) is 2.04. The highest BCUT2D eigenvalue weighted by Crippen LogP contribution is 2.34. The fourth-order valence-electron chi connectivity index (χ4n) is 0.554. The lowest BCUT2D eigenvalue weighted by Crippen LogP contribution is -2.22. The zero-order valence-electron chi connectivity index (χ0n) is 5.60. The van der Waals surface area contributed by atoms with Gasteiger partial charge in [0.15, 0.2) is 5.82 Å². The van der Waals surface area contributed by atoms with Crippen LogP contribution in [0.4, 0.5) is 23.4 Å². The van der Waals surface area contributed by atoms with E-state index in [0.29, 0.717) is 6.07 Å². The molecule has 0 fully saturated rings. The Morgan fingerprint density at radius 2 is 2.08 bits per heavy atom. The Labute approximate surface area is 64.1 Å². The number of hydrogen-bond acceptors (Lipinski definition) is 3. The number of nitrogens with zero attached hydrogens (tertiary/aromatic N) is 1. The summed E-state index contributed by atoms with van der Waals surface area (Å²) in [5.74, 6) is -5.91. The monoisotopic (exact) mass is 184 g/mol. The molecule has 0 unspecified atom stereocenters. The minimum atomic E-state index is -4.33. The zero-order valence-corrected chi connectivity index (χ0v) is 5.60. The van der Waals surface area contributed by atoms with Crippen molar-refractivity contribution in [3.8, 4) is 0 Å². The highest BCUT2D eigenvalue weighted by molar-refractivity contribution is 5.28. The molecule has 2 N–H and O–H groups in total. The Hall–Kier alpha value is -1.27. The van der Waals surface area contributed by atoms with Gasteiger partial charge in [0.1, 0.15) is 0 Å². The molecular formula is C5H4F4N2O. The Kier molecular flexibility index (Phi) is 1.95. The van der Waals surface area contributed by atoms with E-state index >= 15 is 0 Å². The van der Waals surface area contributed by atoms with Crippen LogP contribution in [0.5, 0.6) is 0 Å². The van der Waals surface area contributed by atoms with Gasteiger partial charge in [0.05, 0.1) is 0 Å². The van der Waals surface area contributed by atoms with Crippen LogP contribution in [0.15, 0.2) is 10.6 Å². The van der Waals surface area contributed by atoms with Gasteiger partial charge in [-0.25, -0.2) is 8.78 Å². The minimum Gasteiger partial charge on any atom is -0.381 e. The maximum absolute atomic E-state index is 12.4. The summed E-state index contributed by atoms with van der Waals surface area (Å²) >= 11 is 0. The number of hydrogen-bond donors (Lipinski definition) is 1. The Morgan fingerprint density at radius 1 is 1.50 bits per heavy atom. The molecule has 68 valence electrons. The van der Waals surface area contributed by atoms with E-state index < -0.39 is 18.1 Å². The molecule has 0 aromatic carbocycles. The van der Waals surface area contributed by atoms with Crippen LogP contribution in [0.2, 0.25) is 0 Å². The third-order valence-corrected chi connectivity index (χ3v) is 1.13. The lowest BCUT2D eigenvalue weighted by molar-refractivity contribution is -0.149. The third-order valence-electron chi connectivity index (χ3n) is 1.13. The topological polar surface area (TPSA) is 52.0 Å². The molecule has 12 heavy (non-hydrogen) atoms. The van der Waals surface area contributed by atoms with Gasteiger partial charge in [-0.2, -0.15) is 8.78 Å². The Balaban J connectivity index is 2.97. The van der Waals surface area contributed by atoms with Gasteiger partial charge in [-0.3, -0.25) is 0 Å². The summed E-state index contributed by atoms with van der Waals surface area (Å²) in [7, 11) is 0. The van der Waals surface area contributed by atoms with Gasteiger partial charge in [-0.1, -0.05) is 5.16 Å². The van der Waals surface area contributed by atoms with Crippen LogP contribution >= 0.6 is 0 Å². The number of alkyl halides is 4. The van der Waals surface area contributed by atoms with Gasteiger partial charge in [0.25, 0.3) is 0 Å². The standard InChI is InChI=1S/C5H4F4N2O/c6-4(7)5(8,9)2-1-3(10)11-12-2/h1,4H,(H2,10,11). The molecule has 1 aromatic rings. The molecule has 1 heterocycles. The van der Waals surface area contributed by atoms with Gasteiger partial charge >= 0.3 is 12.3 Å². The fourth-order valence-corrected chi connectivity index (χ4v) is 0.554. The maximum atomic E-state index is 12.4. The van der Waals surface area contributed by atoms with Gasteiger partial charge in [0, 0.05) is 6.07 Å². The van der Waals surface area contributed by atoms with E-state index in [0.717, 1.165) is 0 Å². The molecule has 7 heteroatoms. The molecular weight excluding hydrogens is 180 g/mol. The highest BCUT2D eigenvalue weighted by Gasteiger charge is 2.46. The van der Waals surface area contributed by atoms with Crippen LogP contribution in [0.1, 0.15) is 5.76 Å². The first-order valence-corrected chi connectivity index (χ1v) is 2.83. The summed E-state index contributed by atoms with van der Waals surface area (Å²) in [6, 6.07) is 0.562. The zero-order chi connectivity index (χ0) is 9.35. The molecule has 0 aliphatic carbocycles. The predicted molar refractivity (Wildman–Crippen MR) is 30.8 cm³/mol. The van der Waals surface area contributed by atoms with Gasteiger partial charge in [-0.05, 0) is 0 Å². The molecule has 0 spiro atoms. The Bertz CT molecular complexity index is 272. The molecule has 1 rings (SSSR count). The first kappa shape index (κ1) is 8.82. The summed E-state index contributed by atoms with van der Waals surface area (Å²) in [4.78, 5) is 0. The molecule has 3 nitrogen and oxygen atoms in total. The highest BCUT2D eigenvalue weighted by atomic mass is 19.3. The summed E-state index contributed by atoms with van der Waals surface area (Å²) in [5, 5.41) is 2.85. The van der Waals surface area contributed by atoms with Crippen LogP contribution in [-0.2, 0) is 5.92 Å². The van der Waals surface area contributed by atoms with Gasteiger partial charge < -0.3 is 10.3 Å². The SMILES string of the molecule is Nc1cc(C(F)(F)C(F)F)on1.